The molecule has 1 aliphatic rings. The molecule has 0 spiro atoms. The smallest absolute Gasteiger partial charge is 0.243 e. The van der Waals surface area contributed by atoms with E-state index in [1.165, 1.54) is 16.4 Å². The fraction of sp³-hybridized carbons (Fsp3) is 0.462. The molecule has 1 N–H and O–H groups in total. The van der Waals surface area contributed by atoms with Crippen LogP contribution in [-0.4, -0.2) is 38.3 Å². The van der Waals surface area contributed by atoms with Gasteiger partial charge in [-0.25, -0.2) is 8.42 Å². The summed E-state index contributed by atoms with van der Waals surface area (Å²) in [5.74, 6) is 0.315. The zero-order chi connectivity index (χ0) is 14.8. The zero-order valence-electron chi connectivity index (χ0n) is 11.5. The molecule has 7 heteroatoms. The quantitative estimate of drug-likeness (QED) is 0.912. The van der Waals surface area contributed by atoms with Crippen molar-refractivity contribution in [3.63, 3.8) is 0 Å². The number of sulfonamides is 1. The van der Waals surface area contributed by atoms with Crippen LogP contribution in [0.5, 0.6) is 5.75 Å². The number of carbonyl (C=O) groups is 1. The van der Waals surface area contributed by atoms with Gasteiger partial charge in [-0.2, -0.15) is 4.31 Å². The Morgan fingerprint density at radius 1 is 1.30 bits per heavy atom. The molecule has 110 valence electrons. The molecule has 1 aromatic carbocycles. The molecular weight excluding hydrogens is 280 g/mol. The molecule has 1 aliphatic heterocycles. The molecule has 0 fully saturated rings. The number of hydrogen-bond acceptors (Lipinski definition) is 4. The predicted octanol–water partition coefficient (Wildman–Crippen LogP) is 1.44. The van der Waals surface area contributed by atoms with Crippen molar-refractivity contribution in [1.29, 1.82) is 0 Å². The molecule has 1 amide bonds. The van der Waals surface area contributed by atoms with E-state index >= 15 is 0 Å². The zero-order valence-corrected chi connectivity index (χ0v) is 12.4. The van der Waals surface area contributed by atoms with Crippen LogP contribution in [0.15, 0.2) is 23.1 Å². The van der Waals surface area contributed by atoms with Gasteiger partial charge in [0.1, 0.15) is 5.75 Å². The van der Waals surface area contributed by atoms with Crippen LogP contribution in [0.2, 0.25) is 0 Å². The monoisotopic (exact) mass is 298 g/mol. The van der Waals surface area contributed by atoms with Crippen LogP contribution >= 0.6 is 0 Å². The highest BCUT2D eigenvalue weighted by atomic mass is 32.2. The minimum absolute atomic E-state index is 0.158. The standard InChI is InChI=1S/C13H18N2O4S/c1-3-15(4-2)20(17,18)10-5-6-12-11(9-10)14-13(16)7-8-19-12/h5-6,9H,3-4,7-8H2,1-2H3,(H,14,16). The second-order valence-electron chi connectivity index (χ2n) is 4.39. The van der Waals surface area contributed by atoms with E-state index in [9.17, 15) is 13.2 Å². The molecule has 0 atom stereocenters. The highest BCUT2D eigenvalue weighted by molar-refractivity contribution is 7.89. The van der Waals surface area contributed by atoms with Gasteiger partial charge in [0.25, 0.3) is 0 Å². The van der Waals surface area contributed by atoms with Crippen LogP contribution in [0.25, 0.3) is 0 Å². The summed E-state index contributed by atoms with van der Waals surface area (Å²) in [5, 5.41) is 2.66. The summed E-state index contributed by atoms with van der Waals surface area (Å²) in [7, 11) is -3.54. The number of ether oxygens (including phenoxy) is 1. The van der Waals surface area contributed by atoms with Gasteiger partial charge in [-0.15, -0.1) is 0 Å². The highest BCUT2D eigenvalue weighted by Gasteiger charge is 2.24. The van der Waals surface area contributed by atoms with Gasteiger partial charge in [-0.1, -0.05) is 13.8 Å². The Labute approximate surface area is 118 Å². The Morgan fingerprint density at radius 3 is 2.65 bits per heavy atom. The van der Waals surface area contributed by atoms with Gasteiger partial charge in [-0.3, -0.25) is 4.79 Å². The number of anilines is 1. The fourth-order valence-corrected chi connectivity index (χ4v) is 3.56. The lowest BCUT2D eigenvalue weighted by atomic mass is 10.3. The summed E-state index contributed by atoms with van der Waals surface area (Å²) in [4.78, 5) is 11.7. The molecule has 0 saturated heterocycles. The Kier molecular flexibility index (Phi) is 4.29. The van der Waals surface area contributed by atoms with Crippen molar-refractivity contribution in [2.75, 3.05) is 25.0 Å². The average Bonchev–Trinajstić information content (AvgIpc) is 2.59. The molecule has 1 heterocycles. The summed E-state index contributed by atoms with van der Waals surface area (Å²) in [6, 6.07) is 4.54. The molecule has 0 aliphatic carbocycles. The molecule has 0 bridgehead atoms. The minimum Gasteiger partial charge on any atom is -0.491 e. The molecule has 0 unspecified atom stereocenters. The third kappa shape index (κ3) is 2.78. The van der Waals surface area contributed by atoms with Crippen LogP contribution < -0.4 is 10.1 Å². The third-order valence-electron chi connectivity index (χ3n) is 3.15. The molecule has 0 aromatic heterocycles. The minimum atomic E-state index is -3.54. The maximum atomic E-state index is 12.4. The molecule has 1 aromatic rings. The predicted molar refractivity (Wildman–Crippen MR) is 75.3 cm³/mol. The van der Waals surface area contributed by atoms with E-state index < -0.39 is 10.0 Å². The molecule has 0 radical (unpaired) electrons. The number of nitrogens with one attached hydrogen (secondary N) is 1. The second kappa shape index (κ2) is 5.80. The summed E-state index contributed by atoms with van der Waals surface area (Å²) < 4.78 is 31.6. The summed E-state index contributed by atoms with van der Waals surface area (Å²) in [5.41, 5.74) is 0.403. The molecule has 0 saturated carbocycles. The maximum absolute atomic E-state index is 12.4. The summed E-state index contributed by atoms with van der Waals surface area (Å²) >= 11 is 0. The van der Waals surface area contributed by atoms with E-state index in [1.807, 2.05) is 0 Å². The van der Waals surface area contributed by atoms with Crippen molar-refractivity contribution < 1.29 is 17.9 Å². The van der Waals surface area contributed by atoms with Crippen molar-refractivity contribution in [1.82, 2.24) is 4.31 Å². The molecule has 2 rings (SSSR count). The van der Waals surface area contributed by atoms with Crippen molar-refractivity contribution in [2.24, 2.45) is 0 Å². The van der Waals surface area contributed by atoms with Crippen LogP contribution in [0.1, 0.15) is 20.3 Å². The van der Waals surface area contributed by atoms with Crippen LogP contribution in [0.3, 0.4) is 0 Å². The average molecular weight is 298 g/mol. The van der Waals surface area contributed by atoms with E-state index in [4.69, 9.17) is 4.74 Å². The number of amides is 1. The van der Waals surface area contributed by atoms with E-state index in [1.54, 1.807) is 19.9 Å². The summed E-state index contributed by atoms with van der Waals surface area (Å²) in [6.07, 6.45) is 0.257. The Hall–Kier alpha value is -1.60. The molecular formula is C13H18N2O4S. The number of carbonyl (C=O) groups excluding carboxylic acids is 1. The van der Waals surface area contributed by atoms with Gasteiger partial charge < -0.3 is 10.1 Å². The Balaban J connectivity index is 2.42. The second-order valence-corrected chi connectivity index (χ2v) is 6.33. The topological polar surface area (TPSA) is 75.7 Å². The van der Waals surface area contributed by atoms with Crippen LogP contribution in [0, 0.1) is 0 Å². The normalized spacial score (nSPS) is 15.2. The number of rotatable bonds is 4. The number of hydrogen-bond donors (Lipinski definition) is 1. The van der Waals surface area contributed by atoms with E-state index in [2.05, 4.69) is 5.32 Å². The Bertz CT molecular complexity index is 609. The first-order chi connectivity index (χ1) is 9.48. The number of fused-ring (bicyclic) bond motifs is 1. The lowest BCUT2D eigenvalue weighted by molar-refractivity contribution is -0.116. The Morgan fingerprint density at radius 2 is 2.00 bits per heavy atom. The first-order valence-electron chi connectivity index (χ1n) is 6.56. The van der Waals surface area contributed by atoms with Gasteiger partial charge in [0.15, 0.2) is 0 Å². The lowest BCUT2D eigenvalue weighted by Gasteiger charge is -2.19. The van der Waals surface area contributed by atoms with Crippen molar-refractivity contribution in [3.8, 4) is 5.75 Å². The lowest BCUT2D eigenvalue weighted by Crippen LogP contribution is -2.30. The highest BCUT2D eigenvalue weighted by Crippen LogP contribution is 2.30. The van der Waals surface area contributed by atoms with E-state index in [0.717, 1.165) is 0 Å². The molecule has 20 heavy (non-hydrogen) atoms. The van der Waals surface area contributed by atoms with E-state index in [-0.39, 0.29) is 17.2 Å². The number of benzene rings is 1. The van der Waals surface area contributed by atoms with Gasteiger partial charge in [0, 0.05) is 13.1 Å². The van der Waals surface area contributed by atoms with Crippen LogP contribution in [-0.2, 0) is 14.8 Å². The first kappa shape index (κ1) is 14.8. The van der Waals surface area contributed by atoms with Crippen molar-refractivity contribution in [2.45, 2.75) is 25.2 Å². The SMILES string of the molecule is CCN(CC)S(=O)(=O)c1ccc2c(c1)NC(=O)CCO2. The fourth-order valence-electron chi connectivity index (χ4n) is 2.07. The summed E-state index contributed by atoms with van der Waals surface area (Å²) in [6.45, 7) is 4.67. The van der Waals surface area contributed by atoms with Gasteiger partial charge in [0.2, 0.25) is 15.9 Å². The van der Waals surface area contributed by atoms with Gasteiger partial charge >= 0.3 is 0 Å². The third-order valence-corrected chi connectivity index (χ3v) is 5.20. The van der Waals surface area contributed by atoms with Gasteiger partial charge in [0.05, 0.1) is 23.6 Å². The van der Waals surface area contributed by atoms with Crippen molar-refractivity contribution >= 4 is 21.6 Å². The maximum Gasteiger partial charge on any atom is 0.243 e. The van der Waals surface area contributed by atoms with Crippen LogP contribution in [0.4, 0.5) is 5.69 Å². The molecule has 6 nitrogen and oxygen atoms in total. The number of nitrogens with zero attached hydrogens (tertiary/aromatic N) is 1. The first-order valence-corrected chi connectivity index (χ1v) is 8.00. The van der Waals surface area contributed by atoms with E-state index in [0.29, 0.717) is 31.1 Å². The van der Waals surface area contributed by atoms with Gasteiger partial charge in [-0.05, 0) is 18.2 Å². The van der Waals surface area contributed by atoms with Crippen molar-refractivity contribution in [3.05, 3.63) is 18.2 Å². The largest absolute Gasteiger partial charge is 0.491 e.